The Balaban J connectivity index is 3.75. The summed E-state index contributed by atoms with van der Waals surface area (Å²) in [5, 5.41) is 4.39. The first-order chi connectivity index (χ1) is 4.48. The van der Waals surface area contributed by atoms with Gasteiger partial charge in [0.05, 0.1) is 5.25 Å². The highest BCUT2D eigenvalue weighted by molar-refractivity contribution is 7.89. The molecule has 62 valence electrons. The van der Waals surface area contributed by atoms with Gasteiger partial charge >= 0.3 is 0 Å². The summed E-state index contributed by atoms with van der Waals surface area (Å²) < 4.78 is 21.1. The van der Waals surface area contributed by atoms with Gasteiger partial charge in [-0.05, 0) is 26.3 Å². The number of hydrogen-bond donors (Lipinski definition) is 2. The molecule has 0 amide bonds. The first-order valence-electron chi connectivity index (χ1n) is 3.20. The molecule has 0 fully saturated rings. The molecule has 0 bridgehead atoms. The van der Waals surface area contributed by atoms with E-state index in [4.69, 9.17) is 10.9 Å². The van der Waals surface area contributed by atoms with Crippen LogP contribution in [0.5, 0.6) is 0 Å². The first kappa shape index (κ1) is 9.87. The molecule has 4 N–H and O–H groups in total. The molecule has 0 spiro atoms. The minimum absolute atomic E-state index is 0.462. The van der Waals surface area contributed by atoms with Crippen LogP contribution in [0.1, 0.15) is 19.8 Å². The van der Waals surface area contributed by atoms with Crippen LogP contribution in [0, 0.1) is 0 Å². The lowest BCUT2D eigenvalue weighted by Crippen LogP contribution is -2.26. The smallest absolute Gasteiger partial charge is 0.211 e. The van der Waals surface area contributed by atoms with Crippen molar-refractivity contribution in [2.75, 3.05) is 6.54 Å². The SMILES string of the molecule is CC(CCCN)S(N)(=O)=O. The molecular formula is C5H14N2O2S. The van der Waals surface area contributed by atoms with Gasteiger partial charge in [0.15, 0.2) is 0 Å². The minimum Gasteiger partial charge on any atom is -0.330 e. The van der Waals surface area contributed by atoms with E-state index in [9.17, 15) is 8.42 Å². The second kappa shape index (κ2) is 3.90. The Bertz CT molecular complexity index is 176. The largest absolute Gasteiger partial charge is 0.330 e. The second-order valence-electron chi connectivity index (χ2n) is 2.33. The van der Waals surface area contributed by atoms with Gasteiger partial charge in [-0.2, -0.15) is 0 Å². The summed E-state index contributed by atoms with van der Waals surface area (Å²) >= 11 is 0. The Kier molecular flexibility index (Phi) is 3.85. The van der Waals surface area contributed by atoms with Gasteiger partial charge in [-0.15, -0.1) is 0 Å². The molecule has 0 heterocycles. The molecule has 10 heavy (non-hydrogen) atoms. The summed E-state index contributed by atoms with van der Waals surface area (Å²) in [5.74, 6) is 0. The summed E-state index contributed by atoms with van der Waals surface area (Å²) in [5.41, 5.74) is 5.18. The molecule has 0 aromatic carbocycles. The molecule has 0 saturated heterocycles. The molecule has 0 aliphatic heterocycles. The average Bonchev–Trinajstić information content (AvgIpc) is 1.80. The van der Waals surface area contributed by atoms with E-state index in [0.717, 1.165) is 0 Å². The third kappa shape index (κ3) is 3.81. The molecule has 0 aromatic heterocycles. The molecule has 4 nitrogen and oxygen atoms in total. The van der Waals surface area contributed by atoms with E-state index in [1.807, 2.05) is 0 Å². The molecule has 0 radical (unpaired) electrons. The molecule has 1 atom stereocenters. The van der Waals surface area contributed by atoms with Crippen LogP contribution in [-0.2, 0) is 10.0 Å². The summed E-state index contributed by atoms with van der Waals surface area (Å²) in [6.45, 7) is 2.10. The molecule has 5 heteroatoms. The van der Waals surface area contributed by atoms with Gasteiger partial charge in [-0.1, -0.05) is 0 Å². The predicted octanol–water partition coefficient (Wildman–Crippen LogP) is -0.598. The number of primary sulfonamides is 1. The number of nitrogens with two attached hydrogens (primary N) is 2. The molecule has 0 aliphatic carbocycles. The predicted molar refractivity (Wildman–Crippen MR) is 40.9 cm³/mol. The molecular weight excluding hydrogens is 152 g/mol. The van der Waals surface area contributed by atoms with Gasteiger partial charge in [0.2, 0.25) is 10.0 Å². The van der Waals surface area contributed by atoms with Crippen LogP contribution in [-0.4, -0.2) is 20.2 Å². The van der Waals surface area contributed by atoms with Crippen LogP contribution >= 0.6 is 0 Å². The van der Waals surface area contributed by atoms with Crippen molar-refractivity contribution in [1.29, 1.82) is 0 Å². The Morgan fingerprint density at radius 3 is 2.30 bits per heavy atom. The first-order valence-corrected chi connectivity index (χ1v) is 4.81. The molecule has 0 rings (SSSR count). The van der Waals surface area contributed by atoms with Crippen LogP contribution in [0.2, 0.25) is 0 Å². The minimum atomic E-state index is -3.33. The van der Waals surface area contributed by atoms with Crippen LogP contribution in [0.4, 0.5) is 0 Å². The molecule has 0 aliphatic rings. The van der Waals surface area contributed by atoms with E-state index in [1.54, 1.807) is 6.92 Å². The van der Waals surface area contributed by atoms with E-state index in [1.165, 1.54) is 0 Å². The molecule has 1 unspecified atom stereocenters. The lowest BCUT2D eigenvalue weighted by Gasteiger charge is -2.06. The fourth-order valence-corrected chi connectivity index (χ4v) is 1.06. The van der Waals surface area contributed by atoms with Crippen molar-refractivity contribution < 1.29 is 8.42 Å². The summed E-state index contributed by atoms with van der Waals surface area (Å²) in [4.78, 5) is 0. The summed E-state index contributed by atoms with van der Waals surface area (Å²) in [7, 11) is -3.33. The summed E-state index contributed by atoms with van der Waals surface area (Å²) in [6.07, 6.45) is 1.26. The zero-order chi connectivity index (χ0) is 8.20. The number of rotatable bonds is 4. The van der Waals surface area contributed by atoms with E-state index >= 15 is 0 Å². The van der Waals surface area contributed by atoms with Gasteiger partial charge in [-0.25, -0.2) is 13.6 Å². The van der Waals surface area contributed by atoms with Crippen molar-refractivity contribution in [2.24, 2.45) is 10.9 Å². The van der Waals surface area contributed by atoms with Gasteiger partial charge < -0.3 is 5.73 Å². The van der Waals surface area contributed by atoms with Crippen molar-refractivity contribution >= 4 is 10.0 Å². The van der Waals surface area contributed by atoms with E-state index in [0.29, 0.717) is 19.4 Å². The second-order valence-corrected chi connectivity index (χ2v) is 4.31. The highest BCUT2D eigenvalue weighted by Gasteiger charge is 2.13. The maximum atomic E-state index is 10.6. The van der Waals surface area contributed by atoms with Gasteiger partial charge in [0.25, 0.3) is 0 Å². The maximum Gasteiger partial charge on any atom is 0.211 e. The van der Waals surface area contributed by atoms with Crippen molar-refractivity contribution in [1.82, 2.24) is 0 Å². The van der Waals surface area contributed by atoms with Crippen molar-refractivity contribution in [3.63, 3.8) is 0 Å². The van der Waals surface area contributed by atoms with Gasteiger partial charge in [0, 0.05) is 0 Å². The van der Waals surface area contributed by atoms with Gasteiger partial charge in [0.1, 0.15) is 0 Å². The molecule has 0 saturated carbocycles. The third-order valence-electron chi connectivity index (χ3n) is 1.38. The fraction of sp³-hybridized carbons (Fsp3) is 1.00. The highest BCUT2D eigenvalue weighted by atomic mass is 32.2. The van der Waals surface area contributed by atoms with Crippen molar-refractivity contribution in [3.8, 4) is 0 Å². The standard InChI is InChI=1S/C5H14N2O2S/c1-5(3-2-4-6)10(7,8)9/h5H,2-4,6H2,1H3,(H2,7,8,9). The van der Waals surface area contributed by atoms with Crippen molar-refractivity contribution in [3.05, 3.63) is 0 Å². The van der Waals surface area contributed by atoms with Crippen molar-refractivity contribution in [2.45, 2.75) is 25.0 Å². The fourth-order valence-electron chi connectivity index (χ4n) is 0.570. The Morgan fingerprint density at radius 2 is 2.00 bits per heavy atom. The third-order valence-corrected chi connectivity index (χ3v) is 2.73. The van der Waals surface area contributed by atoms with Crippen LogP contribution in [0.15, 0.2) is 0 Å². The Morgan fingerprint density at radius 1 is 1.50 bits per heavy atom. The average molecular weight is 166 g/mol. The number of sulfonamides is 1. The lowest BCUT2D eigenvalue weighted by atomic mass is 10.2. The number of hydrogen-bond acceptors (Lipinski definition) is 3. The van der Waals surface area contributed by atoms with Crippen LogP contribution in [0.25, 0.3) is 0 Å². The highest BCUT2D eigenvalue weighted by Crippen LogP contribution is 2.02. The van der Waals surface area contributed by atoms with E-state index in [2.05, 4.69) is 0 Å². The zero-order valence-electron chi connectivity index (χ0n) is 6.08. The normalized spacial score (nSPS) is 15.1. The van der Waals surface area contributed by atoms with Crippen LogP contribution < -0.4 is 10.9 Å². The zero-order valence-corrected chi connectivity index (χ0v) is 6.89. The lowest BCUT2D eigenvalue weighted by molar-refractivity contribution is 0.575. The summed E-state index contributed by atoms with van der Waals surface area (Å²) in [6, 6.07) is 0. The Hall–Kier alpha value is -0.130. The van der Waals surface area contributed by atoms with Crippen LogP contribution in [0.3, 0.4) is 0 Å². The van der Waals surface area contributed by atoms with E-state index in [-0.39, 0.29) is 0 Å². The quantitative estimate of drug-likeness (QED) is 0.585. The maximum absolute atomic E-state index is 10.6. The van der Waals surface area contributed by atoms with E-state index < -0.39 is 15.3 Å². The molecule has 0 aromatic rings. The topological polar surface area (TPSA) is 86.2 Å². The van der Waals surface area contributed by atoms with Gasteiger partial charge in [-0.3, -0.25) is 0 Å². The monoisotopic (exact) mass is 166 g/mol. The Labute approximate surface area is 61.6 Å².